The maximum atomic E-state index is 10.9. The van der Waals surface area contributed by atoms with Crippen molar-refractivity contribution in [3.05, 3.63) is 0 Å². The zero-order valence-electron chi connectivity index (χ0n) is 8.53. The standard InChI is InChI=1S/C9H17NO4/c1-9(2,6(5-10)7(11)12)8-13-3-4-14-8/h6,8H,3-5,10H2,1-2H3,(H,11,12)/t6-/m0/s1. The van der Waals surface area contributed by atoms with Gasteiger partial charge in [0.1, 0.15) is 0 Å². The Morgan fingerprint density at radius 1 is 1.57 bits per heavy atom. The van der Waals surface area contributed by atoms with Gasteiger partial charge in [0.2, 0.25) is 0 Å². The molecule has 0 aromatic rings. The fourth-order valence-electron chi connectivity index (χ4n) is 1.68. The molecule has 1 atom stereocenters. The Labute approximate surface area is 83.2 Å². The summed E-state index contributed by atoms with van der Waals surface area (Å²) in [5.74, 6) is -1.55. The van der Waals surface area contributed by atoms with Gasteiger partial charge in [-0.25, -0.2) is 0 Å². The van der Waals surface area contributed by atoms with Crippen molar-refractivity contribution in [2.24, 2.45) is 17.1 Å². The molecule has 14 heavy (non-hydrogen) atoms. The van der Waals surface area contributed by atoms with E-state index < -0.39 is 23.6 Å². The highest BCUT2D eigenvalue weighted by molar-refractivity contribution is 5.71. The maximum Gasteiger partial charge on any atom is 0.308 e. The Morgan fingerprint density at radius 3 is 2.43 bits per heavy atom. The molecule has 0 amide bonds. The average Bonchev–Trinajstić information content (AvgIpc) is 2.55. The second-order valence-electron chi connectivity index (χ2n) is 4.02. The van der Waals surface area contributed by atoms with Crippen LogP contribution in [-0.4, -0.2) is 37.1 Å². The number of carboxylic acid groups (broad SMARTS) is 1. The number of hydrogen-bond donors (Lipinski definition) is 2. The Balaban J connectivity index is 2.74. The summed E-state index contributed by atoms with van der Waals surface area (Å²) in [7, 11) is 0. The Morgan fingerprint density at radius 2 is 2.07 bits per heavy atom. The fraction of sp³-hybridized carbons (Fsp3) is 0.889. The van der Waals surface area contributed by atoms with Gasteiger partial charge in [-0.2, -0.15) is 0 Å². The molecule has 0 aromatic carbocycles. The van der Waals surface area contributed by atoms with Crippen molar-refractivity contribution in [3.63, 3.8) is 0 Å². The van der Waals surface area contributed by atoms with E-state index in [4.69, 9.17) is 20.3 Å². The number of ether oxygens (including phenoxy) is 2. The van der Waals surface area contributed by atoms with Gasteiger partial charge in [-0.15, -0.1) is 0 Å². The molecule has 0 aromatic heterocycles. The summed E-state index contributed by atoms with van der Waals surface area (Å²) in [4.78, 5) is 10.9. The van der Waals surface area contributed by atoms with Gasteiger partial charge in [0.25, 0.3) is 0 Å². The SMILES string of the molecule is CC(C)(C1OCCO1)[C@@H](CN)C(=O)O. The van der Waals surface area contributed by atoms with Gasteiger partial charge in [-0.3, -0.25) is 4.79 Å². The van der Waals surface area contributed by atoms with Gasteiger partial charge >= 0.3 is 5.97 Å². The van der Waals surface area contributed by atoms with E-state index in [0.29, 0.717) is 13.2 Å². The third kappa shape index (κ3) is 2.05. The molecule has 0 saturated carbocycles. The summed E-state index contributed by atoms with van der Waals surface area (Å²) < 4.78 is 10.6. The minimum Gasteiger partial charge on any atom is -0.481 e. The van der Waals surface area contributed by atoms with E-state index in [9.17, 15) is 4.79 Å². The maximum absolute atomic E-state index is 10.9. The van der Waals surface area contributed by atoms with Crippen molar-refractivity contribution in [2.75, 3.05) is 19.8 Å². The van der Waals surface area contributed by atoms with Crippen LogP contribution in [0.5, 0.6) is 0 Å². The van der Waals surface area contributed by atoms with E-state index >= 15 is 0 Å². The summed E-state index contributed by atoms with van der Waals surface area (Å²) in [6, 6.07) is 0. The molecule has 1 fully saturated rings. The predicted octanol–water partition coefficient (Wildman–Crippen LogP) is 0.0450. The van der Waals surface area contributed by atoms with Crippen LogP contribution >= 0.6 is 0 Å². The summed E-state index contributed by atoms with van der Waals surface area (Å²) in [6.45, 7) is 4.73. The number of carboxylic acids is 1. The van der Waals surface area contributed by atoms with Crippen LogP contribution in [0.3, 0.4) is 0 Å². The smallest absolute Gasteiger partial charge is 0.308 e. The van der Waals surface area contributed by atoms with Gasteiger partial charge in [-0.05, 0) is 0 Å². The Hall–Kier alpha value is -0.650. The van der Waals surface area contributed by atoms with Crippen LogP contribution in [0.25, 0.3) is 0 Å². The Bertz CT molecular complexity index is 211. The van der Waals surface area contributed by atoms with Crippen molar-refractivity contribution < 1.29 is 19.4 Å². The van der Waals surface area contributed by atoms with Crippen molar-refractivity contribution in [2.45, 2.75) is 20.1 Å². The monoisotopic (exact) mass is 203 g/mol. The van der Waals surface area contributed by atoms with Crippen molar-refractivity contribution in [1.82, 2.24) is 0 Å². The fourth-order valence-corrected chi connectivity index (χ4v) is 1.68. The number of carbonyl (C=O) groups is 1. The van der Waals surface area contributed by atoms with E-state index in [0.717, 1.165) is 0 Å². The van der Waals surface area contributed by atoms with Crippen LogP contribution in [-0.2, 0) is 14.3 Å². The van der Waals surface area contributed by atoms with Crippen LogP contribution in [0.2, 0.25) is 0 Å². The Kier molecular flexibility index (Phi) is 3.47. The topological polar surface area (TPSA) is 81.8 Å². The summed E-state index contributed by atoms with van der Waals surface area (Å²) in [6.07, 6.45) is -0.466. The molecule has 1 saturated heterocycles. The highest BCUT2D eigenvalue weighted by Gasteiger charge is 2.43. The van der Waals surface area contributed by atoms with Crippen molar-refractivity contribution >= 4 is 5.97 Å². The first-order valence-electron chi connectivity index (χ1n) is 4.66. The van der Waals surface area contributed by atoms with Gasteiger partial charge < -0.3 is 20.3 Å². The van der Waals surface area contributed by atoms with Crippen molar-refractivity contribution in [3.8, 4) is 0 Å². The molecular formula is C9H17NO4. The molecule has 1 rings (SSSR count). The summed E-state index contributed by atoms with van der Waals surface area (Å²) in [5.41, 5.74) is 4.84. The second kappa shape index (κ2) is 4.25. The lowest BCUT2D eigenvalue weighted by Gasteiger charge is -2.34. The lowest BCUT2D eigenvalue weighted by Crippen LogP contribution is -2.44. The minimum atomic E-state index is -0.906. The molecule has 0 unspecified atom stereocenters. The molecule has 0 spiro atoms. The van der Waals surface area contributed by atoms with E-state index in [1.807, 2.05) is 0 Å². The lowest BCUT2D eigenvalue weighted by molar-refractivity contribution is -0.167. The van der Waals surface area contributed by atoms with Gasteiger partial charge in [0, 0.05) is 12.0 Å². The van der Waals surface area contributed by atoms with E-state index in [1.165, 1.54) is 0 Å². The van der Waals surface area contributed by atoms with Crippen LogP contribution in [0.4, 0.5) is 0 Å². The molecule has 0 aliphatic carbocycles. The highest BCUT2D eigenvalue weighted by Crippen LogP contribution is 2.34. The highest BCUT2D eigenvalue weighted by atomic mass is 16.7. The van der Waals surface area contributed by atoms with E-state index in [2.05, 4.69) is 0 Å². The first-order chi connectivity index (χ1) is 6.50. The first-order valence-corrected chi connectivity index (χ1v) is 4.66. The second-order valence-corrected chi connectivity index (χ2v) is 4.02. The van der Waals surface area contributed by atoms with Crippen LogP contribution in [0, 0.1) is 11.3 Å². The van der Waals surface area contributed by atoms with Crippen LogP contribution in [0.15, 0.2) is 0 Å². The largest absolute Gasteiger partial charge is 0.481 e. The zero-order chi connectivity index (χ0) is 10.8. The van der Waals surface area contributed by atoms with Gasteiger partial charge in [0.15, 0.2) is 6.29 Å². The normalized spacial score (nSPS) is 21.1. The molecule has 0 radical (unpaired) electrons. The lowest BCUT2D eigenvalue weighted by atomic mass is 9.78. The number of nitrogens with two attached hydrogens (primary N) is 1. The molecule has 1 aliphatic heterocycles. The first kappa shape index (κ1) is 11.4. The molecular weight excluding hydrogens is 186 g/mol. The average molecular weight is 203 g/mol. The quantitative estimate of drug-likeness (QED) is 0.674. The summed E-state index contributed by atoms with van der Waals surface area (Å²) >= 11 is 0. The molecule has 5 heteroatoms. The molecule has 1 aliphatic rings. The van der Waals surface area contributed by atoms with E-state index in [-0.39, 0.29) is 6.54 Å². The molecule has 82 valence electrons. The predicted molar refractivity (Wildman–Crippen MR) is 49.7 cm³/mol. The molecule has 0 bridgehead atoms. The molecule has 5 nitrogen and oxygen atoms in total. The molecule has 3 N–H and O–H groups in total. The third-order valence-electron chi connectivity index (χ3n) is 2.66. The van der Waals surface area contributed by atoms with E-state index in [1.54, 1.807) is 13.8 Å². The van der Waals surface area contributed by atoms with Crippen LogP contribution < -0.4 is 5.73 Å². The minimum absolute atomic E-state index is 0.0888. The molecule has 1 heterocycles. The van der Waals surface area contributed by atoms with Gasteiger partial charge in [0.05, 0.1) is 19.1 Å². The van der Waals surface area contributed by atoms with Gasteiger partial charge in [-0.1, -0.05) is 13.8 Å². The van der Waals surface area contributed by atoms with Crippen molar-refractivity contribution in [1.29, 1.82) is 0 Å². The zero-order valence-corrected chi connectivity index (χ0v) is 8.53. The number of hydrogen-bond acceptors (Lipinski definition) is 4. The third-order valence-corrected chi connectivity index (χ3v) is 2.66. The van der Waals surface area contributed by atoms with Crippen LogP contribution in [0.1, 0.15) is 13.8 Å². The number of aliphatic carboxylic acids is 1. The summed E-state index contributed by atoms with van der Waals surface area (Å²) in [5, 5.41) is 8.98. The number of rotatable bonds is 4.